The van der Waals surface area contributed by atoms with Gasteiger partial charge in [0.1, 0.15) is 0 Å². The van der Waals surface area contributed by atoms with Crippen molar-refractivity contribution in [3.63, 3.8) is 0 Å². The molecule has 3 N–H and O–H groups in total. The molecular weight excluding hydrogens is 308 g/mol. The van der Waals surface area contributed by atoms with Crippen LogP contribution in [-0.4, -0.2) is 28.8 Å². The average Bonchev–Trinajstić information content (AvgIpc) is 3.02. The Bertz CT molecular complexity index is 737. The van der Waals surface area contributed by atoms with Crippen molar-refractivity contribution in [3.8, 4) is 0 Å². The minimum absolute atomic E-state index is 0.262. The second kappa shape index (κ2) is 7.63. The minimum atomic E-state index is -0.530. The van der Waals surface area contributed by atoms with E-state index in [2.05, 4.69) is 20.8 Å². The number of hydrogen-bond acceptors (Lipinski definition) is 4. The Morgan fingerprint density at radius 3 is 2.50 bits per heavy atom. The van der Waals surface area contributed by atoms with Gasteiger partial charge < -0.3 is 10.1 Å². The number of benzene rings is 1. The number of nitrogens with zero attached hydrogens (tertiary/aromatic N) is 1. The van der Waals surface area contributed by atoms with Crippen molar-refractivity contribution in [2.24, 2.45) is 0 Å². The Kier molecular flexibility index (Phi) is 5.57. The zero-order valence-corrected chi connectivity index (χ0v) is 14.3. The number of rotatable bonds is 5. The lowest BCUT2D eigenvalue weighted by Gasteiger charge is -2.12. The fourth-order valence-electron chi connectivity index (χ4n) is 2.12. The number of hydrogen-bond donors (Lipinski definition) is 3. The Labute approximate surface area is 140 Å². The molecule has 0 aliphatic rings. The number of carbonyl (C=O) groups is 2. The highest BCUT2D eigenvalue weighted by atomic mass is 16.5. The monoisotopic (exact) mass is 330 g/mol. The fourth-order valence-corrected chi connectivity index (χ4v) is 2.12. The molecule has 7 nitrogen and oxygen atoms in total. The Morgan fingerprint density at radius 1 is 1.25 bits per heavy atom. The maximum absolute atomic E-state index is 12.3. The van der Waals surface area contributed by atoms with E-state index >= 15 is 0 Å². The number of aromatic amines is 1. The molecule has 7 heteroatoms. The number of anilines is 2. The van der Waals surface area contributed by atoms with E-state index in [1.165, 1.54) is 0 Å². The molecule has 24 heavy (non-hydrogen) atoms. The Morgan fingerprint density at radius 2 is 1.92 bits per heavy atom. The molecule has 0 aliphatic carbocycles. The summed E-state index contributed by atoms with van der Waals surface area (Å²) in [5.41, 5.74) is 3.13. The van der Waals surface area contributed by atoms with Crippen molar-refractivity contribution in [2.45, 2.75) is 33.6 Å². The molecule has 0 aliphatic heterocycles. The minimum Gasteiger partial charge on any atom is -0.450 e. The van der Waals surface area contributed by atoms with Gasteiger partial charge in [-0.1, -0.05) is 19.9 Å². The molecule has 0 fully saturated rings. The second-order valence-electron chi connectivity index (χ2n) is 5.64. The molecule has 0 radical (unpaired) electrons. The SMILES string of the molecule is CCOC(=O)Nc1cccc(NC(=O)c2cc(C(C)C)[nH]n2)c1C. The van der Waals surface area contributed by atoms with Gasteiger partial charge in [-0.15, -0.1) is 0 Å². The number of aromatic nitrogens is 2. The summed E-state index contributed by atoms with van der Waals surface area (Å²) in [4.78, 5) is 23.9. The highest BCUT2D eigenvalue weighted by Crippen LogP contribution is 2.24. The maximum Gasteiger partial charge on any atom is 0.411 e. The van der Waals surface area contributed by atoms with Crippen LogP contribution in [0.2, 0.25) is 0 Å². The van der Waals surface area contributed by atoms with Crippen LogP contribution in [0.3, 0.4) is 0 Å². The van der Waals surface area contributed by atoms with E-state index in [-0.39, 0.29) is 11.8 Å². The highest BCUT2D eigenvalue weighted by molar-refractivity contribution is 6.04. The van der Waals surface area contributed by atoms with Gasteiger partial charge in [-0.3, -0.25) is 15.2 Å². The van der Waals surface area contributed by atoms with E-state index in [0.717, 1.165) is 11.3 Å². The largest absolute Gasteiger partial charge is 0.450 e. The molecule has 128 valence electrons. The van der Waals surface area contributed by atoms with Gasteiger partial charge in [-0.25, -0.2) is 4.79 Å². The zero-order valence-electron chi connectivity index (χ0n) is 14.3. The third kappa shape index (κ3) is 4.13. The topological polar surface area (TPSA) is 96.1 Å². The highest BCUT2D eigenvalue weighted by Gasteiger charge is 2.15. The van der Waals surface area contributed by atoms with Crippen molar-refractivity contribution in [2.75, 3.05) is 17.2 Å². The number of H-pyrrole nitrogens is 1. The van der Waals surface area contributed by atoms with Crippen LogP contribution in [0.5, 0.6) is 0 Å². The van der Waals surface area contributed by atoms with Crippen molar-refractivity contribution in [1.82, 2.24) is 10.2 Å². The van der Waals surface area contributed by atoms with Crippen LogP contribution in [-0.2, 0) is 4.74 Å². The van der Waals surface area contributed by atoms with Crippen LogP contribution in [0.4, 0.5) is 16.2 Å². The standard InChI is InChI=1S/C17H22N4O3/c1-5-24-17(23)19-13-8-6-7-12(11(13)4)18-16(22)15-9-14(10(2)3)20-21-15/h6-10H,5H2,1-4H3,(H,18,22)(H,19,23)(H,20,21). The number of nitrogens with one attached hydrogen (secondary N) is 3. The zero-order chi connectivity index (χ0) is 17.7. The normalized spacial score (nSPS) is 10.5. The molecule has 1 heterocycles. The maximum atomic E-state index is 12.3. The first-order valence-corrected chi connectivity index (χ1v) is 7.82. The van der Waals surface area contributed by atoms with Crippen LogP contribution in [0.1, 0.15) is 48.4 Å². The van der Waals surface area contributed by atoms with E-state index in [1.807, 2.05) is 13.8 Å². The summed E-state index contributed by atoms with van der Waals surface area (Å²) in [6.07, 6.45) is -0.530. The quantitative estimate of drug-likeness (QED) is 0.779. The molecule has 2 rings (SSSR count). The first-order valence-electron chi connectivity index (χ1n) is 7.82. The molecule has 2 amide bonds. The summed E-state index contributed by atoms with van der Waals surface area (Å²) in [7, 11) is 0. The molecule has 1 aromatic heterocycles. The molecule has 2 aromatic rings. The first-order chi connectivity index (χ1) is 11.4. The van der Waals surface area contributed by atoms with Gasteiger partial charge in [-0.2, -0.15) is 5.10 Å². The van der Waals surface area contributed by atoms with Crippen LogP contribution in [0, 0.1) is 6.92 Å². The van der Waals surface area contributed by atoms with Gasteiger partial charge in [0.25, 0.3) is 5.91 Å². The number of amides is 2. The molecule has 0 bridgehead atoms. The lowest BCUT2D eigenvalue weighted by Crippen LogP contribution is -2.16. The first kappa shape index (κ1) is 17.5. The Hall–Kier alpha value is -2.83. The molecule has 1 aromatic carbocycles. The third-order valence-corrected chi connectivity index (χ3v) is 3.55. The van der Waals surface area contributed by atoms with E-state index in [1.54, 1.807) is 38.1 Å². The van der Waals surface area contributed by atoms with Crippen molar-refractivity contribution in [3.05, 3.63) is 41.2 Å². The third-order valence-electron chi connectivity index (χ3n) is 3.55. The molecule has 0 unspecified atom stereocenters. The van der Waals surface area contributed by atoms with E-state index in [0.29, 0.717) is 23.7 Å². The molecule has 0 saturated carbocycles. The van der Waals surface area contributed by atoms with Gasteiger partial charge in [-0.05, 0) is 43.5 Å². The van der Waals surface area contributed by atoms with Crippen molar-refractivity contribution >= 4 is 23.4 Å². The summed E-state index contributed by atoms with van der Waals surface area (Å²) in [6.45, 7) is 7.87. The smallest absolute Gasteiger partial charge is 0.411 e. The van der Waals surface area contributed by atoms with Crippen molar-refractivity contribution < 1.29 is 14.3 Å². The predicted molar refractivity (Wildman–Crippen MR) is 92.5 cm³/mol. The summed E-state index contributed by atoms with van der Waals surface area (Å²) >= 11 is 0. The average molecular weight is 330 g/mol. The van der Waals surface area contributed by atoms with E-state index in [9.17, 15) is 9.59 Å². The predicted octanol–water partition coefficient (Wildman–Crippen LogP) is 3.66. The summed E-state index contributed by atoms with van der Waals surface area (Å²) in [5.74, 6) is -0.0487. The van der Waals surface area contributed by atoms with Crippen molar-refractivity contribution in [1.29, 1.82) is 0 Å². The molecule has 0 atom stereocenters. The lowest BCUT2D eigenvalue weighted by molar-refractivity contribution is 0.102. The van der Waals surface area contributed by atoms with Crippen LogP contribution in [0.15, 0.2) is 24.3 Å². The van der Waals surface area contributed by atoms with Crippen LogP contribution < -0.4 is 10.6 Å². The van der Waals surface area contributed by atoms with E-state index in [4.69, 9.17) is 4.74 Å². The molecular formula is C17H22N4O3. The van der Waals surface area contributed by atoms with Gasteiger partial charge in [0, 0.05) is 17.1 Å². The van der Waals surface area contributed by atoms with Crippen LogP contribution in [0.25, 0.3) is 0 Å². The summed E-state index contributed by atoms with van der Waals surface area (Å²) in [5, 5.41) is 12.3. The van der Waals surface area contributed by atoms with Gasteiger partial charge in [0.2, 0.25) is 0 Å². The van der Waals surface area contributed by atoms with E-state index < -0.39 is 6.09 Å². The van der Waals surface area contributed by atoms with Crippen LogP contribution >= 0.6 is 0 Å². The summed E-state index contributed by atoms with van der Waals surface area (Å²) < 4.78 is 4.86. The molecule has 0 spiro atoms. The number of ether oxygens (including phenoxy) is 1. The summed E-state index contributed by atoms with van der Waals surface area (Å²) in [6, 6.07) is 6.98. The second-order valence-corrected chi connectivity index (χ2v) is 5.64. The van der Waals surface area contributed by atoms with Gasteiger partial charge in [0.15, 0.2) is 5.69 Å². The van der Waals surface area contributed by atoms with Gasteiger partial charge in [0.05, 0.1) is 6.61 Å². The number of carbonyl (C=O) groups excluding carboxylic acids is 2. The van der Waals surface area contributed by atoms with Gasteiger partial charge >= 0.3 is 6.09 Å². The fraction of sp³-hybridized carbons (Fsp3) is 0.353. The molecule has 0 saturated heterocycles. The Balaban J connectivity index is 2.14. The lowest BCUT2D eigenvalue weighted by atomic mass is 10.1.